The highest BCUT2D eigenvalue weighted by Gasteiger charge is 2.26. The van der Waals surface area contributed by atoms with E-state index in [1.54, 1.807) is 7.11 Å². The molecule has 1 heterocycles. The van der Waals surface area contributed by atoms with Crippen molar-refractivity contribution in [2.75, 3.05) is 20.2 Å². The second-order valence-electron chi connectivity index (χ2n) is 9.73. The first-order valence-corrected chi connectivity index (χ1v) is 11.8. The number of para-hydroxylation sites is 1. The maximum atomic E-state index is 12.1. The van der Waals surface area contributed by atoms with Gasteiger partial charge in [0.05, 0.1) is 7.11 Å². The molecule has 34 heavy (non-hydrogen) atoms. The molecule has 0 saturated carbocycles. The van der Waals surface area contributed by atoms with Crippen molar-refractivity contribution in [1.29, 1.82) is 0 Å². The highest BCUT2D eigenvalue weighted by molar-refractivity contribution is 5.87. The highest BCUT2D eigenvalue weighted by Crippen LogP contribution is 2.30. The molecule has 1 aliphatic rings. The van der Waals surface area contributed by atoms with Crippen LogP contribution in [-0.2, 0) is 17.9 Å². The largest absolute Gasteiger partial charge is 0.496 e. The number of hydrogen-bond acceptors (Lipinski definition) is 5. The van der Waals surface area contributed by atoms with Crippen LogP contribution in [0, 0.1) is 0 Å². The van der Waals surface area contributed by atoms with Crippen LogP contribution in [0.1, 0.15) is 38.3 Å². The molecule has 6 heteroatoms. The van der Waals surface area contributed by atoms with Crippen LogP contribution >= 0.6 is 0 Å². The van der Waals surface area contributed by atoms with Crippen molar-refractivity contribution in [1.82, 2.24) is 10.2 Å². The van der Waals surface area contributed by atoms with Gasteiger partial charge in [-0.15, -0.1) is 0 Å². The van der Waals surface area contributed by atoms with E-state index in [9.17, 15) is 4.79 Å². The summed E-state index contributed by atoms with van der Waals surface area (Å²) >= 11 is 0. The number of methoxy groups -OCH3 is 1. The van der Waals surface area contributed by atoms with Gasteiger partial charge in [-0.3, -0.25) is 4.90 Å². The number of rotatable bonds is 7. The first-order valence-electron chi connectivity index (χ1n) is 11.8. The Hall–Kier alpha value is -3.25. The van der Waals surface area contributed by atoms with Crippen LogP contribution in [0.2, 0.25) is 0 Å². The molecular weight excluding hydrogens is 428 g/mol. The minimum Gasteiger partial charge on any atom is -0.496 e. The van der Waals surface area contributed by atoms with Crippen LogP contribution in [-0.4, -0.2) is 42.8 Å². The predicted octanol–water partition coefficient (Wildman–Crippen LogP) is 5.53. The van der Waals surface area contributed by atoms with Gasteiger partial charge in [0.25, 0.3) is 0 Å². The number of carbonyl (C=O) groups excluding carboxylic acids is 1. The molecule has 0 bridgehead atoms. The number of likely N-dealkylation sites (tertiary alicyclic amines) is 1. The SMILES string of the molecule is COc1ccc2ccccc2c1COc1ccccc1CN1CCC(NC(=O)OC(C)(C)C)C1. The Labute approximate surface area is 201 Å². The van der Waals surface area contributed by atoms with Crippen molar-refractivity contribution in [2.45, 2.75) is 52.0 Å². The second kappa shape index (κ2) is 10.3. The third-order valence-electron chi connectivity index (χ3n) is 5.95. The number of ether oxygens (including phenoxy) is 3. The van der Waals surface area contributed by atoms with Crippen LogP contribution < -0.4 is 14.8 Å². The predicted molar refractivity (Wildman–Crippen MR) is 134 cm³/mol. The van der Waals surface area contributed by atoms with Crippen LogP contribution in [0.4, 0.5) is 4.79 Å². The fourth-order valence-corrected chi connectivity index (χ4v) is 4.39. The maximum absolute atomic E-state index is 12.1. The summed E-state index contributed by atoms with van der Waals surface area (Å²) in [6.45, 7) is 8.49. The number of carbonyl (C=O) groups is 1. The maximum Gasteiger partial charge on any atom is 0.407 e. The average Bonchev–Trinajstić information content (AvgIpc) is 3.23. The van der Waals surface area contributed by atoms with Gasteiger partial charge in [0.15, 0.2) is 0 Å². The van der Waals surface area contributed by atoms with Crippen molar-refractivity contribution in [2.24, 2.45) is 0 Å². The molecule has 0 aromatic heterocycles. The Kier molecular flexibility index (Phi) is 7.27. The number of alkyl carbamates (subject to hydrolysis) is 1. The lowest BCUT2D eigenvalue weighted by molar-refractivity contribution is 0.0505. The first kappa shape index (κ1) is 23.9. The minimum atomic E-state index is -0.495. The van der Waals surface area contributed by atoms with Crippen molar-refractivity contribution in [3.05, 3.63) is 71.8 Å². The summed E-state index contributed by atoms with van der Waals surface area (Å²) in [5.41, 5.74) is 1.67. The van der Waals surface area contributed by atoms with E-state index < -0.39 is 5.60 Å². The van der Waals surface area contributed by atoms with E-state index >= 15 is 0 Å². The third-order valence-corrected chi connectivity index (χ3v) is 5.95. The fourth-order valence-electron chi connectivity index (χ4n) is 4.39. The molecule has 1 N–H and O–H groups in total. The van der Waals surface area contributed by atoms with Crippen molar-refractivity contribution < 1.29 is 19.0 Å². The van der Waals surface area contributed by atoms with Gasteiger partial charge in [-0.25, -0.2) is 4.79 Å². The minimum absolute atomic E-state index is 0.0860. The normalized spacial score (nSPS) is 16.4. The van der Waals surface area contributed by atoms with Crippen LogP contribution in [0.25, 0.3) is 10.8 Å². The Morgan fingerprint density at radius 3 is 2.59 bits per heavy atom. The van der Waals surface area contributed by atoms with Crippen LogP contribution in [0.5, 0.6) is 11.5 Å². The number of benzene rings is 3. The lowest BCUT2D eigenvalue weighted by atomic mass is 10.0. The van der Waals surface area contributed by atoms with E-state index in [0.717, 1.165) is 59.5 Å². The monoisotopic (exact) mass is 462 g/mol. The molecule has 1 atom stereocenters. The molecule has 1 saturated heterocycles. The van der Waals surface area contributed by atoms with Crippen molar-refractivity contribution in [3.63, 3.8) is 0 Å². The Morgan fingerprint density at radius 1 is 1.03 bits per heavy atom. The average molecular weight is 463 g/mol. The second-order valence-corrected chi connectivity index (χ2v) is 9.73. The summed E-state index contributed by atoms with van der Waals surface area (Å²) in [7, 11) is 1.69. The molecular formula is C28H34N2O4. The van der Waals surface area contributed by atoms with Gasteiger partial charge < -0.3 is 19.5 Å². The van der Waals surface area contributed by atoms with E-state index in [2.05, 4.69) is 34.5 Å². The zero-order valence-electron chi connectivity index (χ0n) is 20.5. The van der Waals surface area contributed by atoms with Crippen LogP contribution in [0.3, 0.4) is 0 Å². The van der Waals surface area contributed by atoms with Crippen LogP contribution in [0.15, 0.2) is 60.7 Å². The summed E-state index contributed by atoms with van der Waals surface area (Å²) in [4.78, 5) is 14.5. The lowest BCUT2D eigenvalue weighted by Crippen LogP contribution is -2.40. The zero-order chi connectivity index (χ0) is 24.1. The topological polar surface area (TPSA) is 60.0 Å². The first-order chi connectivity index (χ1) is 16.3. The van der Waals surface area contributed by atoms with Gasteiger partial charge >= 0.3 is 6.09 Å². The summed E-state index contributed by atoms with van der Waals surface area (Å²) in [5, 5.41) is 5.29. The number of hydrogen-bond donors (Lipinski definition) is 1. The molecule has 1 amide bonds. The molecule has 0 spiro atoms. The lowest BCUT2D eigenvalue weighted by Gasteiger charge is -2.22. The number of fused-ring (bicyclic) bond motifs is 1. The summed E-state index contributed by atoms with van der Waals surface area (Å²) in [6, 6.07) is 20.6. The fraction of sp³-hybridized carbons (Fsp3) is 0.393. The number of nitrogens with one attached hydrogen (secondary N) is 1. The third kappa shape index (κ3) is 6.00. The van der Waals surface area contributed by atoms with E-state index in [0.29, 0.717) is 6.61 Å². The molecule has 3 aromatic rings. The van der Waals surface area contributed by atoms with Crippen molar-refractivity contribution >= 4 is 16.9 Å². The smallest absolute Gasteiger partial charge is 0.407 e. The Bertz CT molecular complexity index is 1140. The Balaban J connectivity index is 1.41. The molecule has 0 aliphatic carbocycles. The Morgan fingerprint density at radius 2 is 1.79 bits per heavy atom. The molecule has 0 radical (unpaired) electrons. The molecule has 6 nitrogen and oxygen atoms in total. The van der Waals surface area contributed by atoms with Gasteiger partial charge in [-0.05, 0) is 50.1 Å². The molecule has 180 valence electrons. The quantitative estimate of drug-likeness (QED) is 0.501. The van der Waals surface area contributed by atoms with Gasteiger partial charge in [-0.2, -0.15) is 0 Å². The summed E-state index contributed by atoms with van der Waals surface area (Å²) in [6.07, 6.45) is 0.544. The standard InChI is InChI=1S/C28H34N2O4/c1-28(2,3)34-27(31)29-22-15-16-30(18-22)17-21-10-6-8-12-25(21)33-19-24-23-11-7-5-9-20(23)13-14-26(24)32-4/h5-14,22H,15-19H2,1-4H3,(H,29,31). The molecule has 1 unspecified atom stereocenters. The zero-order valence-corrected chi connectivity index (χ0v) is 20.5. The molecule has 1 aliphatic heterocycles. The van der Waals surface area contributed by atoms with Crippen molar-refractivity contribution in [3.8, 4) is 11.5 Å². The summed E-state index contributed by atoms with van der Waals surface area (Å²) < 4.78 is 17.4. The molecule has 4 rings (SSSR count). The van der Waals surface area contributed by atoms with Gasteiger partial charge in [0.1, 0.15) is 23.7 Å². The van der Waals surface area contributed by atoms with E-state index in [-0.39, 0.29) is 12.1 Å². The number of amides is 1. The molecule has 3 aromatic carbocycles. The van der Waals surface area contributed by atoms with Gasteiger partial charge in [0.2, 0.25) is 0 Å². The van der Waals surface area contributed by atoms with E-state index in [1.165, 1.54) is 0 Å². The van der Waals surface area contributed by atoms with Gasteiger partial charge in [0, 0.05) is 36.8 Å². The highest BCUT2D eigenvalue weighted by atomic mass is 16.6. The van der Waals surface area contributed by atoms with E-state index in [1.807, 2.05) is 57.2 Å². The van der Waals surface area contributed by atoms with Gasteiger partial charge in [-0.1, -0.05) is 48.5 Å². The summed E-state index contributed by atoms with van der Waals surface area (Å²) in [5.74, 6) is 1.69. The number of nitrogens with zero attached hydrogens (tertiary/aromatic N) is 1. The molecule has 1 fully saturated rings. The van der Waals surface area contributed by atoms with E-state index in [4.69, 9.17) is 14.2 Å².